The molecule has 1 rings (SSSR count). The maximum Gasteiger partial charge on any atom is 0.252 e. The Bertz CT molecular complexity index is 398. The summed E-state index contributed by atoms with van der Waals surface area (Å²) in [6.07, 6.45) is -2.28. The quantitative estimate of drug-likeness (QED) is 0.870. The molecule has 0 saturated carbocycles. The van der Waals surface area contributed by atoms with Crippen LogP contribution in [0.5, 0.6) is 0 Å². The van der Waals surface area contributed by atoms with E-state index in [1.165, 1.54) is 0 Å². The van der Waals surface area contributed by atoms with Crippen LogP contribution < -0.4 is 0 Å². The van der Waals surface area contributed by atoms with Crippen molar-refractivity contribution in [3.05, 3.63) is 35.9 Å². The van der Waals surface area contributed by atoms with Gasteiger partial charge in [-0.2, -0.15) is 0 Å². The average Bonchev–Trinajstić information content (AvgIpc) is 2.37. The molecule has 0 aromatic heterocycles. The number of nitrogens with zero attached hydrogens (tertiary/aromatic N) is 1. The van der Waals surface area contributed by atoms with E-state index in [-0.39, 0.29) is 18.0 Å². The lowest BCUT2D eigenvalue weighted by molar-refractivity contribution is -0.143. The zero-order valence-electron chi connectivity index (χ0n) is 12.5. The molecule has 1 N–H and O–H groups in total. The molecule has 1 aromatic carbocycles. The van der Waals surface area contributed by atoms with Crippen LogP contribution in [0, 0.1) is 0 Å². The molecule has 0 fully saturated rings. The number of hydrogen-bond acceptors (Lipinski definition) is 2. The van der Waals surface area contributed by atoms with Gasteiger partial charge in [-0.05, 0) is 33.3 Å². The maximum absolute atomic E-state index is 12.3. The van der Waals surface area contributed by atoms with Crippen molar-refractivity contribution in [2.24, 2.45) is 0 Å². The molecule has 1 aromatic rings. The zero-order valence-corrected chi connectivity index (χ0v) is 11.5. The summed E-state index contributed by atoms with van der Waals surface area (Å²) in [5.74, 6) is -0.381. The second-order valence-corrected chi connectivity index (χ2v) is 4.96. The molecule has 18 heavy (non-hydrogen) atoms. The molecule has 0 heterocycles. The third-order valence-electron chi connectivity index (χ3n) is 2.77. The van der Waals surface area contributed by atoms with Crippen molar-refractivity contribution >= 4 is 5.91 Å². The Labute approximate surface area is 111 Å². The number of aliphatic hydroxyl groups excluding tert-OH is 1. The first-order valence-electron chi connectivity index (χ1n) is 6.91. The highest BCUT2D eigenvalue weighted by atomic mass is 16.3. The Hall–Kier alpha value is -1.35. The Morgan fingerprint density at radius 2 is 1.72 bits per heavy atom. The summed E-state index contributed by atoms with van der Waals surface area (Å²) in [6, 6.07) is 8.97. The van der Waals surface area contributed by atoms with Gasteiger partial charge in [0.2, 0.25) is 0 Å². The summed E-state index contributed by atoms with van der Waals surface area (Å²) < 4.78 is 8.03. The average molecular weight is 250 g/mol. The number of rotatable bonds is 5. The Morgan fingerprint density at radius 3 is 2.17 bits per heavy atom. The Balaban J connectivity index is 2.87. The minimum atomic E-state index is -1.33. The molecular weight excluding hydrogens is 226 g/mol. The fourth-order valence-corrected chi connectivity index (χ4v) is 2.08. The van der Waals surface area contributed by atoms with E-state index in [9.17, 15) is 9.90 Å². The van der Waals surface area contributed by atoms with E-state index in [2.05, 4.69) is 0 Å². The SMILES string of the molecule is [2H]C(c1ccccc1)C(O)C(=O)N(C(C)C)C(C)C. The normalized spacial score (nSPS) is 15.4. The van der Waals surface area contributed by atoms with Crippen molar-refractivity contribution in [2.45, 2.75) is 52.3 Å². The van der Waals surface area contributed by atoms with Gasteiger partial charge in [-0.25, -0.2) is 0 Å². The van der Waals surface area contributed by atoms with Crippen LogP contribution in [0.3, 0.4) is 0 Å². The van der Waals surface area contributed by atoms with Crippen LogP contribution in [0.15, 0.2) is 30.3 Å². The molecule has 3 nitrogen and oxygen atoms in total. The Kier molecular flexibility index (Phi) is 4.76. The lowest BCUT2D eigenvalue weighted by Crippen LogP contribution is -2.47. The van der Waals surface area contributed by atoms with E-state index in [1.807, 2.05) is 33.8 Å². The van der Waals surface area contributed by atoms with Crippen LogP contribution in [0.1, 0.15) is 34.6 Å². The van der Waals surface area contributed by atoms with Gasteiger partial charge in [0, 0.05) is 19.9 Å². The number of benzene rings is 1. The number of carbonyl (C=O) groups excluding carboxylic acids is 1. The first-order chi connectivity index (χ1) is 8.86. The Morgan fingerprint density at radius 1 is 1.22 bits per heavy atom. The summed E-state index contributed by atoms with van der Waals surface area (Å²) in [4.78, 5) is 13.9. The second-order valence-electron chi connectivity index (χ2n) is 4.96. The molecule has 0 aliphatic rings. The minimum absolute atomic E-state index is 0.00474. The third-order valence-corrected chi connectivity index (χ3v) is 2.77. The van der Waals surface area contributed by atoms with Crippen LogP contribution in [-0.2, 0) is 11.2 Å². The van der Waals surface area contributed by atoms with E-state index in [1.54, 1.807) is 29.2 Å². The van der Waals surface area contributed by atoms with E-state index in [0.29, 0.717) is 5.56 Å². The number of amides is 1. The molecule has 0 bridgehead atoms. The summed E-state index contributed by atoms with van der Waals surface area (Å²) >= 11 is 0. The second kappa shape index (κ2) is 6.55. The largest absolute Gasteiger partial charge is 0.383 e. The highest BCUT2D eigenvalue weighted by molar-refractivity contribution is 5.81. The maximum atomic E-state index is 12.3. The van der Waals surface area contributed by atoms with Gasteiger partial charge in [-0.1, -0.05) is 30.3 Å². The fourth-order valence-electron chi connectivity index (χ4n) is 2.08. The van der Waals surface area contributed by atoms with Crippen LogP contribution in [0.4, 0.5) is 0 Å². The number of carbonyl (C=O) groups is 1. The molecule has 0 aliphatic carbocycles. The van der Waals surface area contributed by atoms with Gasteiger partial charge < -0.3 is 10.0 Å². The lowest BCUT2D eigenvalue weighted by atomic mass is 10.1. The molecular formula is C15H23NO2. The zero-order chi connectivity index (χ0) is 14.6. The summed E-state index contributed by atoms with van der Waals surface area (Å²) in [7, 11) is 0. The standard InChI is InChI=1S/C15H23NO2/c1-11(2)16(12(3)4)15(18)14(17)10-13-8-6-5-7-9-13/h5-9,11-12,14,17H,10H2,1-4H3/i10D. The molecule has 3 heteroatoms. The van der Waals surface area contributed by atoms with Gasteiger partial charge in [0.05, 0.1) is 0 Å². The van der Waals surface area contributed by atoms with Gasteiger partial charge in [0.15, 0.2) is 0 Å². The van der Waals surface area contributed by atoms with E-state index in [4.69, 9.17) is 1.37 Å². The van der Waals surface area contributed by atoms with E-state index < -0.39 is 12.5 Å². The van der Waals surface area contributed by atoms with Crippen molar-refractivity contribution < 1.29 is 11.3 Å². The van der Waals surface area contributed by atoms with E-state index in [0.717, 1.165) is 0 Å². The number of hydrogen-bond donors (Lipinski definition) is 1. The van der Waals surface area contributed by atoms with Gasteiger partial charge in [0.25, 0.3) is 5.91 Å². The van der Waals surface area contributed by atoms with Gasteiger partial charge in [-0.3, -0.25) is 4.79 Å². The van der Waals surface area contributed by atoms with Crippen molar-refractivity contribution in [1.82, 2.24) is 4.90 Å². The van der Waals surface area contributed by atoms with Crippen LogP contribution in [-0.4, -0.2) is 34.1 Å². The lowest BCUT2D eigenvalue weighted by Gasteiger charge is -2.32. The predicted octanol–water partition coefficient (Wildman–Crippen LogP) is 2.24. The first-order valence-corrected chi connectivity index (χ1v) is 6.33. The van der Waals surface area contributed by atoms with Gasteiger partial charge in [0.1, 0.15) is 6.10 Å². The molecule has 2 unspecified atom stereocenters. The smallest absolute Gasteiger partial charge is 0.252 e. The van der Waals surface area contributed by atoms with Crippen LogP contribution >= 0.6 is 0 Å². The van der Waals surface area contributed by atoms with Crippen molar-refractivity contribution in [1.29, 1.82) is 0 Å². The predicted molar refractivity (Wildman–Crippen MR) is 73.3 cm³/mol. The molecule has 1 amide bonds. The summed E-state index contributed by atoms with van der Waals surface area (Å²) in [5, 5.41) is 10.1. The molecule has 0 saturated heterocycles. The minimum Gasteiger partial charge on any atom is -0.383 e. The van der Waals surface area contributed by atoms with Crippen molar-refractivity contribution in [3.63, 3.8) is 0 Å². The van der Waals surface area contributed by atoms with Crippen LogP contribution in [0.25, 0.3) is 0 Å². The van der Waals surface area contributed by atoms with Gasteiger partial charge >= 0.3 is 0 Å². The first kappa shape index (κ1) is 13.1. The number of aliphatic hydroxyl groups is 1. The summed E-state index contributed by atoms with van der Waals surface area (Å²) in [5.41, 5.74) is 0.649. The van der Waals surface area contributed by atoms with Crippen LogP contribution in [0.2, 0.25) is 0 Å². The highest BCUT2D eigenvalue weighted by Gasteiger charge is 2.26. The highest BCUT2D eigenvalue weighted by Crippen LogP contribution is 2.11. The van der Waals surface area contributed by atoms with Crippen molar-refractivity contribution in [2.75, 3.05) is 0 Å². The monoisotopic (exact) mass is 250 g/mol. The molecule has 0 radical (unpaired) electrons. The van der Waals surface area contributed by atoms with E-state index >= 15 is 0 Å². The molecule has 0 aliphatic heterocycles. The molecule has 0 spiro atoms. The third kappa shape index (κ3) is 3.84. The topological polar surface area (TPSA) is 40.5 Å². The fraction of sp³-hybridized carbons (Fsp3) is 0.533. The molecule has 100 valence electrons. The molecule has 2 atom stereocenters. The van der Waals surface area contributed by atoms with Gasteiger partial charge in [-0.15, -0.1) is 0 Å². The summed E-state index contributed by atoms with van der Waals surface area (Å²) in [6.45, 7) is 7.64. The van der Waals surface area contributed by atoms with Crippen molar-refractivity contribution in [3.8, 4) is 0 Å².